The Hall–Kier alpha value is -1.60. The van der Waals surface area contributed by atoms with Crippen LogP contribution in [0.5, 0.6) is 17.2 Å². The van der Waals surface area contributed by atoms with Gasteiger partial charge >= 0.3 is 0 Å². The normalized spacial score (nSPS) is 17.6. The molecule has 1 saturated heterocycles. The van der Waals surface area contributed by atoms with Crippen molar-refractivity contribution >= 4 is 23.4 Å². The van der Waals surface area contributed by atoms with Crippen LogP contribution < -0.4 is 24.8 Å². The number of hydrogen-bond donors (Lipinski definition) is 2. The monoisotopic (exact) mass is 298 g/mol. The SMILES string of the molecule is COc1cc(OC)c(NC(=O)C2CSCN2)c(OC)c1. The first-order valence-corrected chi connectivity index (χ1v) is 7.27. The van der Waals surface area contributed by atoms with Crippen molar-refractivity contribution in [3.8, 4) is 17.2 Å². The zero-order chi connectivity index (χ0) is 14.5. The summed E-state index contributed by atoms with van der Waals surface area (Å²) in [6.45, 7) is 0. The minimum absolute atomic E-state index is 0.100. The molecule has 1 aromatic rings. The average molecular weight is 298 g/mol. The number of amides is 1. The largest absolute Gasteiger partial charge is 0.496 e. The van der Waals surface area contributed by atoms with E-state index in [0.29, 0.717) is 22.9 Å². The van der Waals surface area contributed by atoms with E-state index in [-0.39, 0.29) is 11.9 Å². The number of thioether (sulfide) groups is 1. The van der Waals surface area contributed by atoms with Crippen LogP contribution in [0.3, 0.4) is 0 Å². The first kappa shape index (κ1) is 14.8. The molecule has 0 spiro atoms. The highest BCUT2D eigenvalue weighted by atomic mass is 32.2. The van der Waals surface area contributed by atoms with Crippen LogP contribution in [0.4, 0.5) is 5.69 Å². The molecule has 20 heavy (non-hydrogen) atoms. The smallest absolute Gasteiger partial charge is 0.242 e. The molecule has 1 aromatic carbocycles. The summed E-state index contributed by atoms with van der Waals surface area (Å²) in [5.74, 6) is 3.05. The van der Waals surface area contributed by atoms with Gasteiger partial charge in [-0.2, -0.15) is 0 Å². The molecule has 1 unspecified atom stereocenters. The summed E-state index contributed by atoms with van der Waals surface area (Å²) in [4.78, 5) is 12.2. The Morgan fingerprint density at radius 1 is 1.25 bits per heavy atom. The summed E-state index contributed by atoms with van der Waals surface area (Å²) < 4.78 is 15.8. The molecule has 0 aliphatic carbocycles. The summed E-state index contributed by atoms with van der Waals surface area (Å²) in [6.07, 6.45) is 0. The second-order valence-electron chi connectivity index (χ2n) is 4.17. The minimum atomic E-state index is -0.198. The van der Waals surface area contributed by atoms with Crippen LogP contribution >= 0.6 is 11.8 Å². The molecule has 1 aliphatic rings. The van der Waals surface area contributed by atoms with E-state index in [1.54, 1.807) is 31.0 Å². The lowest BCUT2D eigenvalue weighted by molar-refractivity contribution is -0.117. The maximum Gasteiger partial charge on any atom is 0.242 e. The summed E-state index contributed by atoms with van der Waals surface area (Å²) in [5, 5.41) is 5.97. The van der Waals surface area contributed by atoms with Gasteiger partial charge in [0.15, 0.2) is 0 Å². The van der Waals surface area contributed by atoms with E-state index in [0.717, 1.165) is 11.6 Å². The number of benzene rings is 1. The van der Waals surface area contributed by atoms with Gasteiger partial charge < -0.3 is 19.5 Å². The predicted molar refractivity (Wildman–Crippen MR) is 79.0 cm³/mol. The number of carbonyl (C=O) groups is 1. The molecule has 0 radical (unpaired) electrons. The number of methoxy groups -OCH3 is 3. The van der Waals surface area contributed by atoms with Crippen LogP contribution in [-0.4, -0.2) is 44.9 Å². The van der Waals surface area contributed by atoms with Crippen molar-refractivity contribution in [2.24, 2.45) is 0 Å². The molecule has 1 amide bonds. The molecule has 1 fully saturated rings. The van der Waals surface area contributed by atoms with Crippen molar-refractivity contribution < 1.29 is 19.0 Å². The Kier molecular flexibility index (Phi) is 4.97. The van der Waals surface area contributed by atoms with Gasteiger partial charge in [0.1, 0.15) is 22.9 Å². The molecule has 1 aliphatic heterocycles. The maximum absolute atomic E-state index is 12.2. The molecule has 2 rings (SSSR count). The highest BCUT2D eigenvalue weighted by Crippen LogP contribution is 2.39. The molecule has 1 heterocycles. The fourth-order valence-corrected chi connectivity index (χ4v) is 2.84. The van der Waals surface area contributed by atoms with E-state index in [1.165, 1.54) is 14.2 Å². The summed E-state index contributed by atoms with van der Waals surface area (Å²) in [5.41, 5.74) is 0.513. The number of nitrogens with one attached hydrogen (secondary N) is 2. The minimum Gasteiger partial charge on any atom is -0.496 e. The van der Waals surface area contributed by atoms with Crippen molar-refractivity contribution in [3.63, 3.8) is 0 Å². The topological polar surface area (TPSA) is 68.8 Å². The van der Waals surface area contributed by atoms with Crippen LogP contribution in [0.15, 0.2) is 12.1 Å². The van der Waals surface area contributed by atoms with Gasteiger partial charge in [-0.25, -0.2) is 0 Å². The van der Waals surface area contributed by atoms with Crippen molar-refractivity contribution in [2.75, 3.05) is 38.3 Å². The quantitative estimate of drug-likeness (QED) is 0.854. The zero-order valence-corrected chi connectivity index (χ0v) is 12.5. The van der Waals surface area contributed by atoms with Crippen LogP contribution in [0.2, 0.25) is 0 Å². The number of hydrogen-bond acceptors (Lipinski definition) is 6. The summed E-state index contributed by atoms with van der Waals surface area (Å²) >= 11 is 1.69. The Balaban J connectivity index is 2.26. The molecular weight excluding hydrogens is 280 g/mol. The second-order valence-corrected chi connectivity index (χ2v) is 5.20. The second kappa shape index (κ2) is 6.71. The lowest BCUT2D eigenvalue weighted by atomic mass is 10.2. The van der Waals surface area contributed by atoms with Crippen LogP contribution in [-0.2, 0) is 4.79 Å². The first-order chi connectivity index (χ1) is 9.69. The van der Waals surface area contributed by atoms with Gasteiger partial charge in [-0.3, -0.25) is 10.1 Å². The molecule has 0 bridgehead atoms. The molecule has 6 nitrogen and oxygen atoms in total. The van der Waals surface area contributed by atoms with Gasteiger partial charge in [-0.15, -0.1) is 11.8 Å². The Morgan fingerprint density at radius 3 is 2.35 bits per heavy atom. The van der Waals surface area contributed by atoms with Crippen molar-refractivity contribution in [1.82, 2.24) is 5.32 Å². The molecule has 7 heteroatoms. The molecular formula is C13H18N2O4S. The molecule has 110 valence electrons. The third-order valence-corrected chi connectivity index (χ3v) is 3.94. The molecule has 0 saturated carbocycles. The lowest BCUT2D eigenvalue weighted by Gasteiger charge is -2.17. The van der Waals surface area contributed by atoms with E-state index in [9.17, 15) is 4.79 Å². The number of ether oxygens (including phenoxy) is 3. The van der Waals surface area contributed by atoms with E-state index in [2.05, 4.69) is 10.6 Å². The lowest BCUT2D eigenvalue weighted by Crippen LogP contribution is -2.37. The zero-order valence-electron chi connectivity index (χ0n) is 11.7. The van der Waals surface area contributed by atoms with Gasteiger partial charge in [0, 0.05) is 23.8 Å². The third-order valence-electron chi connectivity index (χ3n) is 3.00. The van der Waals surface area contributed by atoms with E-state index in [1.807, 2.05) is 0 Å². The highest BCUT2D eigenvalue weighted by molar-refractivity contribution is 7.99. The van der Waals surface area contributed by atoms with Crippen molar-refractivity contribution in [1.29, 1.82) is 0 Å². The Labute approximate surface area is 122 Å². The predicted octanol–water partition coefficient (Wildman–Crippen LogP) is 1.31. The highest BCUT2D eigenvalue weighted by Gasteiger charge is 2.25. The van der Waals surface area contributed by atoms with Crippen LogP contribution in [0.1, 0.15) is 0 Å². The van der Waals surface area contributed by atoms with Crippen LogP contribution in [0.25, 0.3) is 0 Å². The standard InChI is InChI=1S/C13H18N2O4S/c1-17-8-4-10(18-2)12(11(5-8)19-3)15-13(16)9-6-20-7-14-9/h4-5,9,14H,6-7H2,1-3H3,(H,15,16). The van der Waals surface area contributed by atoms with Gasteiger partial charge in [0.05, 0.1) is 27.4 Å². The summed E-state index contributed by atoms with van der Waals surface area (Å²) in [6, 6.07) is 3.21. The van der Waals surface area contributed by atoms with Crippen LogP contribution in [0, 0.1) is 0 Å². The molecule has 0 aromatic heterocycles. The van der Waals surface area contributed by atoms with Crippen molar-refractivity contribution in [3.05, 3.63) is 12.1 Å². The van der Waals surface area contributed by atoms with Gasteiger partial charge in [-0.1, -0.05) is 0 Å². The number of anilines is 1. The fourth-order valence-electron chi connectivity index (χ4n) is 1.90. The Bertz CT molecular complexity index is 464. The Morgan fingerprint density at radius 2 is 1.90 bits per heavy atom. The first-order valence-electron chi connectivity index (χ1n) is 6.11. The summed E-state index contributed by atoms with van der Waals surface area (Å²) in [7, 11) is 4.63. The fraction of sp³-hybridized carbons (Fsp3) is 0.462. The number of rotatable bonds is 5. The maximum atomic E-state index is 12.2. The van der Waals surface area contributed by atoms with Gasteiger partial charge in [-0.05, 0) is 0 Å². The third kappa shape index (κ3) is 3.10. The molecule has 1 atom stereocenters. The van der Waals surface area contributed by atoms with Gasteiger partial charge in [0.25, 0.3) is 0 Å². The average Bonchev–Trinajstić information content (AvgIpc) is 3.01. The van der Waals surface area contributed by atoms with E-state index < -0.39 is 0 Å². The number of carbonyl (C=O) groups excluding carboxylic acids is 1. The molecule has 2 N–H and O–H groups in total. The van der Waals surface area contributed by atoms with E-state index in [4.69, 9.17) is 14.2 Å². The van der Waals surface area contributed by atoms with E-state index >= 15 is 0 Å². The van der Waals surface area contributed by atoms with Crippen molar-refractivity contribution in [2.45, 2.75) is 6.04 Å². The van der Waals surface area contributed by atoms with Gasteiger partial charge in [0.2, 0.25) is 5.91 Å².